The first-order chi connectivity index (χ1) is 12.4. The van der Waals surface area contributed by atoms with Crippen LogP contribution in [0, 0.1) is 5.82 Å². The van der Waals surface area contributed by atoms with Crippen molar-refractivity contribution in [3.05, 3.63) is 68.7 Å². The van der Waals surface area contributed by atoms with Gasteiger partial charge < -0.3 is 15.5 Å². The summed E-state index contributed by atoms with van der Waals surface area (Å²) < 4.78 is 19.6. The minimum absolute atomic E-state index is 0.113. The zero-order chi connectivity index (χ0) is 18.8. The number of aromatic amines is 1. The molecule has 1 atom stereocenters. The number of hydrogen-bond donors (Lipinski definition) is 2. The van der Waals surface area contributed by atoms with Crippen LogP contribution in [-0.2, 0) is 0 Å². The van der Waals surface area contributed by atoms with Crippen LogP contribution in [0.3, 0.4) is 0 Å². The fourth-order valence-corrected chi connectivity index (χ4v) is 3.05. The zero-order valence-electron chi connectivity index (χ0n) is 13.5. The maximum Gasteiger partial charge on any atom is 0.344 e. The number of benzene rings is 1. The standard InChI is InChI=1S/C17H13Cl2FN4O2/c1-8(14-11(18)2-3-12(20)15(14)19)26-13-4-9(5-22-16(13)21)10-6-23-17(25)24-7-10/h2-8H,1H3,(H2,21,22)(H,23,24,25). The van der Waals surface area contributed by atoms with Gasteiger partial charge in [0.15, 0.2) is 11.6 Å². The van der Waals surface area contributed by atoms with Crippen LogP contribution in [0.15, 0.2) is 41.6 Å². The van der Waals surface area contributed by atoms with Gasteiger partial charge in [-0.05, 0) is 25.1 Å². The van der Waals surface area contributed by atoms with Gasteiger partial charge in [-0.25, -0.2) is 19.2 Å². The lowest BCUT2D eigenvalue weighted by atomic mass is 10.1. The zero-order valence-corrected chi connectivity index (χ0v) is 15.0. The van der Waals surface area contributed by atoms with Crippen LogP contribution >= 0.6 is 23.2 Å². The fourth-order valence-electron chi connectivity index (χ4n) is 2.37. The van der Waals surface area contributed by atoms with Crippen molar-refractivity contribution >= 4 is 29.0 Å². The number of nitrogens with zero attached hydrogens (tertiary/aromatic N) is 2. The van der Waals surface area contributed by atoms with Crippen molar-refractivity contribution < 1.29 is 9.13 Å². The second-order valence-electron chi connectivity index (χ2n) is 5.43. The van der Waals surface area contributed by atoms with Crippen LogP contribution in [0.2, 0.25) is 10.0 Å². The van der Waals surface area contributed by atoms with E-state index in [0.29, 0.717) is 16.7 Å². The summed E-state index contributed by atoms with van der Waals surface area (Å²) in [6.07, 6.45) is 3.73. The third kappa shape index (κ3) is 3.63. The van der Waals surface area contributed by atoms with Crippen molar-refractivity contribution in [3.8, 4) is 16.9 Å². The minimum Gasteiger partial charge on any atom is -0.482 e. The van der Waals surface area contributed by atoms with E-state index < -0.39 is 17.6 Å². The molecule has 134 valence electrons. The van der Waals surface area contributed by atoms with Crippen LogP contribution in [0.25, 0.3) is 11.1 Å². The van der Waals surface area contributed by atoms with Crippen LogP contribution in [0.1, 0.15) is 18.6 Å². The van der Waals surface area contributed by atoms with Gasteiger partial charge in [0, 0.05) is 40.3 Å². The normalized spacial score (nSPS) is 12.0. The quantitative estimate of drug-likeness (QED) is 0.652. The van der Waals surface area contributed by atoms with E-state index in [2.05, 4.69) is 15.0 Å². The molecule has 26 heavy (non-hydrogen) atoms. The van der Waals surface area contributed by atoms with E-state index in [1.54, 1.807) is 13.0 Å². The summed E-state index contributed by atoms with van der Waals surface area (Å²) in [5.41, 5.74) is 6.97. The predicted molar refractivity (Wildman–Crippen MR) is 98.0 cm³/mol. The Morgan fingerprint density at radius 1 is 1.23 bits per heavy atom. The van der Waals surface area contributed by atoms with Crippen molar-refractivity contribution in [1.82, 2.24) is 15.0 Å². The lowest BCUT2D eigenvalue weighted by Crippen LogP contribution is -2.09. The smallest absolute Gasteiger partial charge is 0.344 e. The van der Waals surface area contributed by atoms with E-state index in [9.17, 15) is 9.18 Å². The van der Waals surface area contributed by atoms with Crippen LogP contribution in [-0.4, -0.2) is 15.0 Å². The fraction of sp³-hybridized carbons (Fsp3) is 0.118. The molecule has 9 heteroatoms. The van der Waals surface area contributed by atoms with E-state index in [4.69, 9.17) is 33.7 Å². The van der Waals surface area contributed by atoms with Gasteiger partial charge in [-0.15, -0.1) is 0 Å². The summed E-state index contributed by atoms with van der Waals surface area (Å²) >= 11 is 12.1. The molecule has 0 fully saturated rings. The number of nitrogen functional groups attached to an aromatic ring is 1. The van der Waals surface area contributed by atoms with Gasteiger partial charge in [-0.1, -0.05) is 23.2 Å². The first kappa shape index (κ1) is 18.2. The largest absolute Gasteiger partial charge is 0.482 e. The molecule has 0 saturated carbocycles. The third-order valence-corrected chi connectivity index (χ3v) is 4.39. The molecule has 2 heterocycles. The minimum atomic E-state index is -0.682. The summed E-state index contributed by atoms with van der Waals surface area (Å²) in [7, 11) is 0. The average molecular weight is 395 g/mol. The highest BCUT2D eigenvalue weighted by Gasteiger charge is 2.20. The first-order valence-electron chi connectivity index (χ1n) is 7.47. The molecule has 3 aromatic rings. The van der Waals surface area contributed by atoms with Crippen molar-refractivity contribution in [2.75, 3.05) is 5.73 Å². The van der Waals surface area contributed by atoms with Crippen molar-refractivity contribution in [1.29, 1.82) is 0 Å². The Morgan fingerprint density at radius 3 is 2.65 bits per heavy atom. The Kier molecular flexibility index (Phi) is 5.11. The number of ether oxygens (including phenoxy) is 1. The number of hydrogen-bond acceptors (Lipinski definition) is 5. The van der Waals surface area contributed by atoms with Crippen LogP contribution < -0.4 is 16.2 Å². The maximum atomic E-state index is 13.7. The lowest BCUT2D eigenvalue weighted by molar-refractivity contribution is 0.227. The second-order valence-corrected chi connectivity index (χ2v) is 6.22. The SMILES string of the molecule is CC(Oc1cc(-c2cnc(=O)[nH]c2)cnc1N)c1c(Cl)ccc(F)c1Cl. The number of rotatable bonds is 4. The number of H-pyrrole nitrogens is 1. The number of aromatic nitrogens is 3. The highest BCUT2D eigenvalue weighted by Crippen LogP contribution is 2.36. The second kappa shape index (κ2) is 7.31. The Bertz CT molecular complexity index is 1010. The van der Waals surface area contributed by atoms with E-state index in [1.807, 2.05) is 0 Å². The number of anilines is 1. The van der Waals surface area contributed by atoms with Crippen molar-refractivity contribution in [3.63, 3.8) is 0 Å². The van der Waals surface area contributed by atoms with E-state index in [0.717, 1.165) is 0 Å². The topological polar surface area (TPSA) is 93.9 Å². The molecule has 0 bridgehead atoms. The van der Waals surface area contributed by atoms with E-state index in [-0.39, 0.29) is 21.6 Å². The van der Waals surface area contributed by atoms with Crippen LogP contribution in [0.4, 0.5) is 10.2 Å². The molecule has 0 aliphatic rings. The average Bonchev–Trinajstić information content (AvgIpc) is 2.61. The van der Waals surface area contributed by atoms with Gasteiger partial charge in [0.2, 0.25) is 0 Å². The van der Waals surface area contributed by atoms with Crippen LogP contribution in [0.5, 0.6) is 5.75 Å². The molecular formula is C17H13Cl2FN4O2. The Morgan fingerprint density at radius 2 is 1.96 bits per heavy atom. The third-order valence-electron chi connectivity index (χ3n) is 3.68. The number of nitrogens with one attached hydrogen (secondary N) is 1. The maximum absolute atomic E-state index is 13.7. The molecule has 0 aliphatic carbocycles. The van der Waals surface area contributed by atoms with Gasteiger partial charge in [0.25, 0.3) is 0 Å². The Balaban J connectivity index is 1.95. The molecule has 6 nitrogen and oxygen atoms in total. The van der Waals surface area contributed by atoms with Gasteiger partial charge in [0.05, 0.1) is 5.02 Å². The van der Waals surface area contributed by atoms with Gasteiger partial charge >= 0.3 is 5.69 Å². The summed E-state index contributed by atoms with van der Waals surface area (Å²) in [6.45, 7) is 1.67. The molecule has 3 N–H and O–H groups in total. The number of nitrogens with two attached hydrogens (primary N) is 1. The lowest BCUT2D eigenvalue weighted by Gasteiger charge is -2.19. The highest BCUT2D eigenvalue weighted by atomic mass is 35.5. The summed E-state index contributed by atoms with van der Waals surface area (Å²) in [5, 5.41) is 0.161. The molecule has 0 radical (unpaired) electrons. The van der Waals surface area contributed by atoms with E-state index in [1.165, 1.54) is 30.7 Å². The molecule has 1 unspecified atom stereocenters. The predicted octanol–water partition coefficient (Wildman–Crippen LogP) is 4.00. The summed E-state index contributed by atoms with van der Waals surface area (Å²) in [5.74, 6) is -0.195. The molecule has 0 saturated heterocycles. The molecule has 3 rings (SSSR count). The Hall–Kier alpha value is -2.64. The number of pyridine rings is 1. The van der Waals surface area contributed by atoms with Gasteiger partial charge in [0.1, 0.15) is 11.9 Å². The Labute approximate surface area is 157 Å². The molecular weight excluding hydrogens is 382 g/mol. The molecule has 1 aromatic carbocycles. The molecule has 0 spiro atoms. The molecule has 0 aliphatic heterocycles. The monoisotopic (exact) mass is 394 g/mol. The molecule has 0 amide bonds. The van der Waals surface area contributed by atoms with Gasteiger partial charge in [-0.3, -0.25) is 0 Å². The van der Waals surface area contributed by atoms with Crippen molar-refractivity contribution in [2.24, 2.45) is 0 Å². The number of halogens is 3. The van der Waals surface area contributed by atoms with E-state index >= 15 is 0 Å². The summed E-state index contributed by atoms with van der Waals surface area (Å²) in [6, 6.07) is 4.22. The summed E-state index contributed by atoms with van der Waals surface area (Å²) in [4.78, 5) is 21.3. The molecule has 2 aromatic heterocycles. The van der Waals surface area contributed by atoms with Crippen molar-refractivity contribution in [2.45, 2.75) is 13.0 Å². The van der Waals surface area contributed by atoms with Gasteiger partial charge in [-0.2, -0.15) is 0 Å². The highest BCUT2D eigenvalue weighted by molar-refractivity contribution is 6.36. The first-order valence-corrected chi connectivity index (χ1v) is 8.23.